The van der Waals surface area contributed by atoms with Crippen LogP contribution < -0.4 is 0 Å². The molecule has 1 aliphatic heterocycles. The summed E-state index contributed by atoms with van der Waals surface area (Å²) in [5.74, 6) is -0.270. The van der Waals surface area contributed by atoms with Crippen LogP contribution in [0.1, 0.15) is 5.69 Å². The molecule has 0 amide bonds. The molecule has 0 saturated heterocycles. The molecule has 0 radical (unpaired) electrons. The fourth-order valence-corrected chi connectivity index (χ4v) is 2.87. The molecule has 1 aliphatic rings. The van der Waals surface area contributed by atoms with Crippen LogP contribution in [-0.2, 0) is 4.79 Å². The quantitative estimate of drug-likeness (QED) is 0.873. The third kappa shape index (κ3) is 2.26. The van der Waals surface area contributed by atoms with Gasteiger partial charge in [-0.1, -0.05) is 6.07 Å². The van der Waals surface area contributed by atoms with Gasteiger partial charge in [-0.2, -0.15) is 0 Å². The van der Waals surface area contributed by atoms with Crippen LogP contribution in [-0.4, -0.2) is 38.0 Å². The number of aromatic hydroxyl groups is 1. The number of fused-ring (bicyclic) bond motifs is 1. The van der Waals surface area contributed by atoms with Crippen molar-refractivity contribution in [2.45, 2.75) is 6.04 Å². The van der Waals surface area contributed by atoms with Crippen molar-refractivity contribution >= 4 is 33.7 Å². The average molecular weight is 274 g/mol. The number of thioether (sulfide) groups is 1. The van der Waals surface area contributed by atoms with Crippen LogP contribution in [0.3, 0.4) is 0 Å². The van der Waals surface area contributed by atoms with Gasteiger partial charge in [-0.15, -0.1) is 11.8 Å². The molecule has 0 aliphatic carbocycles. The van der Waals surface area contributed by atoms with Gasteiger partial charge in [-0.05, 0) is 24.3 Å². The second kappa shape index (κ2) is 4.55. The van der Waals surface area contributed by atoms with Crippen LogP contribution in [0, 0.1) is 0 Å². The summed E-state index contributed by atoms with van der Waals surface area (Å²) in [6, 6.07) is 7.88. The fraction of sp³-hybridized carbons (Fsp3) is 0.154. The zero-order valence-electron chi connectivity index (χ0n) is 9.78. The summed E-state index contributed by atoms with van der Waals surface area (Å²) in [5, 5.41) is 19.8. The van der Waals surface area contributed by atoms with Gasteiger partial charge in [-0.3, -0.25) is 4.99 Å². The first-order valence-corrected chi connectivity index (χ1v) is 6.65. The molecule has 0 fully saturated rings. The third-order valence-corrected chi connectivity index (χ3v) is 3.90. The molecule has 1 atom stereocenters. The summed E-state index contributed by atoms with van der Waals surface area (Å²) >= 11 is 1.40. The van der Waals surface area contributed by atoms with Crippen LogP contribution >= 0.6 is 11.8 Å². The number of hydrogen-bond acceptors (Lipinski definition) is 5. The third-order valence-electron chi connectivity index (χ3n) is 2.83. The lowest BCUT2D eigenvalue weighted by molar-refractivity contribution is -0.137. The van der Waals surface area contributed by atoms with Gasteiger partial charge in [0.2, 0.25) is 0 Å². The minimum atomic E-state index is -0.909. The van der Waals surface area contributed by atoms with Crippen LogP contribution in [0.4, 0.5) is 0 Å². The molecule has 2 heterocycles. The molecule has 6 heteroatoms. The fourth-order valence-electron chi connectivity index (χ4n) is 1.87. The van der Waals surface area contributed by atoms with E-state index in [1.807, 2.05) is 6.07 Å². The molecular weight excluding hydrogens is 264 g/mol. The maximum atomic E-state index is 10.9. The molecule has 96 valence electrons. The van der Waals surface area contributed by atoms with E-state index in [0.717, 1.165) is 10.9 Å². The summed E-state index contributed by atoms with van der Waals surface area (Å²) < 4.78 is 0. The number of phenols is 1. The molecule has 0 spiro atoms. The topological polar surface area (TPSA) is 82.8 Å². The van der Waals surface area contributed by atoms with E-state index in [1.165, 1.54) is 11.8 Å². The van der Waals surface area contributed by atoms with Crippen LogP contribution in [0.15, 0.2) is 35.3 Å². The molecule has 2 N–H and O–H groups in total. The second-order valence-electron chi connectivity index (χ2n) is 4.17. The number of carbonyl (C=O) groups is 1. The lowest BCUT2D eigenvalue weighted by atomic mass is 10.2. The number of aromatic nitrogens is 1. The summed E-state index contributed by atoms with van der Waals surface area (Å²) in [5.41, 5.74) is 1.42. The van der Waals surface area contributed by atoms with E-state index in [4.69, 9.17) is 5.11 Å². The largest absolute Gasteiger partial charge is 0.508 e. The number of aliphatic carboxylic acids is 1. The molecule has 1 unspecified atom stereocenters. The lowest BCUT2D eigenvalue weighted by Crippen LogP contribution is -2.17. The summed E-state index contributed by atoms with van der Waals surface area (Å²) in [6.45, 7) is 0. The molecule has 19 heavy (non-hydrogen) atoms. The zero-order valence-corrected chi connectivity index (χ0v) is 10.6. The highest BCUT2D eigenvalue weighted by Crippen LogP contribution is 2.25. The SMILES string of the molecule is O=C(O)C1CSC(c2ccc3cc(O)ccc3n2)=N1. The second-order valence-corrected chi connectivity index (χ2v) is 5.18. The monoisotopic (exact) mass is 274 g/mol. The predicted octanol–water partition coefficient (Wildman–Crippen LogP) is 1.89. The number of pyridine rings is 1. The number of nitrogens with zero attached hydrogens (tertiary/aromatic N) is 2. The van der Waals surface area contributed by atoms with Crippen LogP contribution in [0.5, 0.6) is 5.75 Å². The number of rotatable bonds is 2. The van der Waals surface area contributed by atoms with Crippen LogP contribution in [0.2, 0.25) is 0 Å². The van der Waals surface area contributed by atoms with Crippen molar-refractivity contribution in [2.75, 3.05) is 5.75 Å². The minimum Gasteiger partial charge on any atom is -0.508 e. The van der Waals surface area contributed by atoms with Gasteiger partial charge >= 0.3 is 5.97 Å². The van der Waals surface area contributed by atoms with Crippen molar-refractivity contribution in [1.29, 1.82) is 0 Å². The van der Waals surface area contributed by atoms with Crippen molar-refractivity contribution < 1.29 is 15.0 Å². The van der Waals surface area contributed by atoms with Crippen molar-refractivity contribution in [3.8, 4) is 5.75 Å². The number of phenolic OH excluding ortho intramolecular Hbond substituents is 1. The Morgan fingerprint density at radius 2 is 2.16 bits per heavy atom. The van der Waals surface area contributed by atoms with Gasteiger partial charge < -0.3 is 10.2 Å². The molecule has 0 saturated carbocycles. The first kappa shape index (κ1) is 12.0. The number of carboxylic acids is 1. The highest BCUT2D eigenvalue weighted by atomic mass is 32.2. The summed E-state index contributed by atoms with van der Waals surface area (Å²) in [7, 11) is 0. The van der Waals surface area contributed by atoms with E-state index in [9.17, 15) is 9.90 Å². The van der Waals surface area contributed by atoms with Gasteiger partial charge in [0.15, 0.2) is 6.04 Å². The first-order chi connectivity index (χ1) is 9.13. The van der Waals surface area contributed by atoms with Crippen molar-refractivity contribution in [3.63, 3.8) is 0 Å². The maximum absolute atomic E-state index is 10.9. The number of hydrogen-bond donors (Lipinski definition) is 2. The first-order valence-electron chi connectivity index (χ1n) is 5.67. The Morgan fingerprint density at radius 1 is 1.32 bits per heavy atom. The van der Waals surface area contributed by atoms with Gasteiger partial charge in [0.05, 0.1) is 11.2 Å². The predicted molar refractivity (Wildman–Crippen MR) is 73.8 cm³/mol. The van der Waals surface area contributed by atoms with Gasteiger partial charge in [0.25, 0.3) is 0 Å². The Labute approximate surface area is 113 Å². The summed E-state index contributed by atoms with van der Waals surface area (Å²) in [4.78, 5) is 19.4. The normalized spacial score (nSPS) is 18.5. The van der Waals surface area contributed by atoms with Crippen molar-refractivity contribution in [1.82, 2.24) is 4.98 Å². The maximum Gasteiger partial charge on any atom is 0.329 e. The molecule has 0 bridgehead atoms. The number of benzene rings is 1. The standard InChI is InChI=1S/C13H10N2O3S/c16-8-2-4-9-7(5-8)1-3-10(14-9)12-15-11(6-19-12)13(17)18/h1-5,11,16H,6H2,(H,17,18). The van der Waals surface area contributed by atoms with Gasteiger partial charge in [0, 0.05) is 11.1 Å². The Morgan fingerprint density at radius 3 is 2.89 bits per heavy atom. The Hall–Kier alpha value is -2.08. The van der Waals surface area contributed by atoms with Gasteiger partial charge in [0.1, 0.15) is 10.8 Å². The Kier molecular flexibility index (Phi) is 2.87. The molecule has 1 aromatic carbocycles. The number of carboxylic acid groups (broad SMARTS) is 1. The number of aliphatic imine (C=N–C) groups is 1. The van der Waals surface area contributed by atoms with E-state index in [0.29, 0.717) is 16.5 Å². The van der Waals surface area contributed by atoms with E-state index in [-0.39, 0.29) is 5.75 Å². The molecule has 3 rings (SSSR count). The van der Waals surface area contributed by atoms with Crippen molar-refractivity contribution in [2.24, 2.45) is 4.99 Å². The van der Waals surface area contributed by atoms with Crippen LogP contribution in [0.25, 0.3) is 10.9 Å². The van der Waals surface area contributed by atoms with E-state index < -0.39 is 12.0 Å². The zero-order chi connectivity index (χ0) is 13.4. The lowest BCUT2D eigenvalue weighted by Gasteiger charge is -2.02. The molecule has 1 aromatic heterocycles. The molecular formula is C13H10N2O3S. The highest BCUT2D eigenvalue weighted by molar-refractivity contribution is 8.14. The smallest absolute Gasteiger partial charge is 0.329 e. The average Bonchev–Trinajstić information content (AvgIpc) is 2.88. The van der Waals surface area contributed by atoms with Crippen molar-refractivity contribution in [3.05, 3.63) is 36.0 Å². The van der Waals surface area contributed by atoms with E-state index in [2.05, 4.69) is 9.98 Å². The Balaban J connectivity index is 2.00. The minimum absolute atomic E-state index is 0.195. The van der Waals surface area contributed by atoms with E-state index >= 15 is 0 Å². The molecule has 2 aromatic rings. The Bertz CT molecular complexity index is 699. The van der Waals surface area contributed by atoms with Gasteiger partial charge in [-0.25, -0.2) is 9.78 Å². The van der Waals surface area contributed by atoms with E-state index in [1.54, 1.807) is 24.3 Å². The summed E-state index contributed by atoms with van der Waals surface area (Å²) in [6.07, 6.45) is 0. The molecule has 5 nitrogen and oxygen atoms in total. The highest BCUT2D eigenvalue weighted by Gasteiger charge is 2.25.